The molecule has 2 bridgehead atoms. The van der Waals surface area contributed by atoms with Crippen molar-refractivity contribution in [1.29, 1.82) is 0 Å². The van der Waals surface area contributed by atoms with E-state index in [0.717, 1.165) is 25.0 Å². The van der Waals surface area contributed by atoms with Gasteiger partial charge in [-0.05, 0) is 30.5 Å². The van der Waals surface area contributed by atoms with Crippen LogP contribution in [-0.2, 0) is 6.42 Å². The molecule has 3 aliphatic heterocycles. The lowest BCUT2D eigenvalue weighted by Gasteiger charge is -2.48. The van der Waals surface area contributed by atoms with Crippen LogP contribution in [0.1, 0.15) is 12.0 Å². The van der Waals surface area contributed by atoms with Gasteiger partial charge in [-0.25, -0.2) is 0 Å². The Labute approximate surface area is 96.1 Å². The zero-order valence-electron chi connectivity index (χ0n) is 9.39. The average Bonchev–Trinajstić information content (AvgIpc) is 2.28. The molecule has 16 heavy (non-hydrogen) atoms. The second-order valence-electron chi connectivity index (χ2n) is 4.97. The van der Waals surface area contributed by atoms with Crippen molar-refractivity contribution < 1.29 is 5.11 Å². The molecule has 3 heterocycles. The van der Waals surface area contributed by atoms with E-state index in [0.29, 0.717) is 5.75 Å². The largest absolute Gasteiger partial charge is 0.508 e. The number of hydrogen-bond donors (Lipinski definition) is 2. The number of rotatable bonds is 3. The second-order valence-corrected chi connectivity index (χ2v) is 4.97. The Morgan fingerprint density at radius 2 is 1.81 bits per heavy atom. The molecule has 2 N–H and O–H groups in total. The molecular formula is C13H18N2O. The van der Waals surface area contributed by atoms with Crippen LogP contribution < -0.4 is 5.32 Å². The summed E-state index contributed by atoms with van der Waals surface area (Å²) in [5.74, 6) is 0.354. The molecule has 1 aromatic carbocycles. The average molecular weight is 218 g/mol. The number of piperidine rings is 1. The van der Waals surface area contributed by atoms with Gasteiger partial charge in [0, 0.05) is 31.7 Å². The van der Waals surface area contributed by atoms with Crippen LogP contribution in [-0.4, -0.2) is 41.7 Å². The number of hydrogen-bond acceptors (Lipinski definition) is 3. The van der Waals surface area contributed by atoms with Gasteiger partial charge < -0.3 is 10.4 Å². The fourth-order valence-corrected chi connectivity index (χ4v) is 2.74. The minimum Gasteiger partial charge on any atom is -0.508 e. The molecule has 2 atom stereocenters. The van der Waals surface area contributed by atoms with Gasteiger partial charge in [-0.1, -0.05) is 12.1 Å². The summed E-state index contributed by atoms with van der Waals surface area (Å²) in [5, 5.41) is 12.7. The van der Waals surface area contributed by atoms with Gasteiger partial charge >= 0.3 is 0 Å². The van der Waals surface area contributed by atoms with E-state index in [1.807, 2.05) is 12.1 Å². The van der Waals surface area contributed by atoms with Crippen LogP contribution in [0, 0.1) is 0 Å². The summed E-state index contributed by atoms with van der Waals surface area (Å²) < 4.78 is 0. The molecule has 4 rings (SSSR count). The Morgan fingerprint density at radius 1 is 1.19 bits per heavy atom. The number of phenols is 1. The van der Waals surface area contributed by atoms with Crippen molar-refractivity contribution in [2.24, 2.45) is 0 Å². The van der Waals surface area contributed by atoms with E-state index in [1.54, 1.807) is 12.1 Å². The van der Waals surface area contributed by atoms with Crippen LogP contribution in [0.15, 0.2) is 24.3 Å². The summed E-state index contributed by atoms with van der Waals surface area (Å²) >= 11 is 0. The van der Waals surface area contributed by atoms with Gasteiger partial charge in [-0.2, -0.15) is 0 Å². The summed E-state index contributed by atoms with van der Waals surface area (Å²) in [6.07, 6.45) is 2.45. The standard InChI is InChI=1S/C13H18N2O/c16-13-3-1-10(2-4-13)5-6-15-8-11-7-12(9-15)14-11/h1-4,11-12,14,16H,5-9H2. The molecule has 3 fully saturated rings. The van der Waals surface area contributed by atoms with Crippen LogP contribution >= 0.6 is 0 Å². The number of aromatic hydroxyl groups is 1. The molecule has 3 heteroatoms. The predicted octanol–water partition coefficient (Wildman–Crippen LogP) is 0.981. The van der Waals surface area contributed by atoms with Gasteiger partial charge in [0.25, 0.3) is 0 Å². The van der Waals surface area contributed by atoms with Gasteiger partial charge in [-0.15, -0.1) is 0 Å². The number of nitrogens with zero attached hydrogens (tertiary/aromatic N) is 1. The smallest absolute Gasteiger partial charge is 0.115 e. The zero-order chi connectivity index (χ0) is 11.0. The number of nitrogens with one attached hydrogen (secondary N) is 1. The highest BCUT2D eigenvalue weighted by Gasteiger charge is 2.35. The predicted molar refractivity (Wildman–Crippen MR) is 63.6 cm³/mol. The Balaban J connectivity index is 1.51. The van der Waals surface area contributed by atoms with Crippen molar-refractivity contribution in [1.82, 2.24) is 10.2 Å². The van der Waals surface area contributed by atoms with Gasteiger partial charge in [0.2, 0.25) is 0 Å². The molecule has 2 unspecified atom stereocenters. The molecule has 3 nitrogen and oxygen atoms in total. The highest BCUT2D eigenvalue weighted by atomic mass is 16.3. The Hall–Kier alpha value is -1.06. The normalized spacial score (nSPS) is 28.8. The topological polar surface area (TPSA) is 35.5 Å². The molecule has 86 valence electrons. The number of benzene rings is 1. The van der Waals surface area contributed by atoms with Crippen LogP contribution in [0.5, 0.6) is 5.75 Å². The number of piperazine rings is 1. The maximum absolute atomic E-state index is 9.20. The zero-order valence-corrected chi connectivity index (χ0v) is 9.39. The SMILES string of the molecule is Oc1ccc(CCN2CC3CC(C2)N3)cc1. The van der Waals surface area contributed by atoms with Crippen LogP contribution in [0.2, 0.25) is 0 Å². The monoisotopic (exact) mass is 218 g/mol. The van der Waals surface area contributed by atoms with Crippen molar-refractivity contribution >= 4 is 0 Å². The van der Waals surface area contributed by atoms with Crippen LogP contribution in [0.25, 0.3) is 0 Å². The van der Waals surface area contributed by atoms with E-state index in [1.165, 1.54) is 25.1 Å². The second kappa shape index (κ2) is 4.07. The van der Waals surface area contributed by atoms with Crippen molar-refractivity contribution in [3.8, 4) is 5.75 Å². The molecule has 1 aromatic rings. The lowest BCUT2D eigenvalue weighted by atomic mass is 9.91. The fraction of sp³-hybridized carbons (Fsp3) is 0.538. The van der Waals surface area contributed by atoms with Crippen molar-refractivity contribution in [3.05, 3.63) is 29.8 Å². The molecule has 0 amide bonds. The maximum Gasteiger partial charge on any atom is 0.115 e. The first-order valence-electron chi connectivity index (χ1n) is 6.06. The molecule has 0 spiro atoms. The summed E-state index contributed by atoms with van der Waals surface area (Å²) in [4.78, 5) is 2.54. The molecule has 3 aliphatic rings. The van der Waals surface area contributed by atoms with E-state index in [-0.39, 0.29) is 0 Å². The molecule has 0 radical (unpaired) electrons. The quantitative estimate of drug-likeness (QED) is 0.794. The number of fused-ring (bicyclic) bond motifs is 2. The van der Waals surface area contributed by atoms with Gasteiger partial charge in [0.05, 0.1) is 0 Å². The van der Waals surface area contributed by atoms with Gasteiger partial charge in [-0.3, -0.25) is 4.90 Å². The first-order valence-corrected chi connectivity index (χ1v) is 6.06. The summed E-state index contributed by atoms with van der Waals surface area (Å²) in [6.45, 7) is 3.54. The number of phenolic OH excluding ortho intramolecular Hbond substituents is 1. The summed E-state index contributed by atoms with van der Waals surface area (Å²) in [6, 6.07) is 9.06. The molecule has 0 aliphatic carbocycles. The minimum atomic E-state index is 0.354. The highest BCUT2D eigenvalue weighted by Crippen LogP contribution is 2.21. The molecular weight excluding hydrogens is 200 g/mol. The van der Waals surface area contributed by atoms with E-state index in [4.69, 9.17) is 0 Å². The first-order chi connectivity index (χ1) is 7.79. The minimum absolute atomic E-state index is 0.354. The van der Waals surface area contributed by atoms with Crippen LogP contribution in [0.3, 0.4) is 0 Å². The van der Waals surface area contributed by atoms with Gasteiger partial charge in [0.15, 0.2) is 0 Å². The summed E-state index contributed by atoms with van der Waals surface area (Å²) in [7, 11) is 0. The Morgan fingerprint density at radius 3 is 2.44 bits per heavy atom. The lowest BCUT2D eigenvalue weighted by Crippen LogP contribution is -2.66. The third-order valence-corrected chi connectivity index (χ3v) is 3.65. The third-order valence-electron chi connectivity index (χ3n) is 3.65. The first kappa shape index (κ1) is 10.1. The van der Waals surface area contributed by atoms with Crippen molar-refractivity contribution in [2.75, 3.05) is 19.6 Å². The Kier molecular flexibility index (Phi) is 2.58. The maximum atomic E-state index is 9.20. The third kappa shape index (κ3) is 2.06. The molecule has 0 aromatic heterocycles. The van der Waals surface area contributed by atoms with E-state index in [2.05, 4.69) is 10.2 Å². The Bertz CT molecular complexity index is 347. The van der Waals surface area contributed by atoms with E-state index < -0.39 is 0 Å². The molecule has 0 saturated carbocycles. The summed E-state index contributed by atoms with van der Waals surface area (Å²) in [5.41, 5.74) is 1.31. The van der Waals surface area contributed by atoms with E-state index >= 15 is 0 Å². The van der Waals surface area contributed by atoms with Crippen molar-refractivity contribution in [2.45, 2.75) is 24.9 Å². The molecule has 3 saturated heterocycles. The lowest BCUT2D eigenvalue weighted by molar-refractivity contribution is 0.0789. The van der Waals surface area contributed by atoms with Crippen LogP contribution in [0.4, 0.5) is 0 Å². The highest BCUT2D eigenvalue weighted by molar-refractivity contribution is 5.26. The van der Waals surface area contributed by atoms with Crippen molar-refractivity contribution in [3.63, 3.8) is 0 Å². The van der Waals surface area contributed by atoms with E-state index in [9.17, 15) is 5.11 Å². The van der Waals surface area contributed by atoms with Gasteiger partial charge in [0.1, 0.15) is 5.75 Å². The fourth-order valence-electron chi connectivity index (χ4n) is 2.74.